The van der Waals surface area contributed by atoms with Crippen LogP contribution in [0, 0.1) is 11.7 Å². The number of nitrogens with zero attached hydrogens (tertiary/aromatic N) is 2. The standard InChI is InChI=1S/C11H14FN5O3/c1-2-3-7(4-14-11(19)20)10(18)17-16-9-8(12)5-13-6-15-9/h2,5-7,14H,1,3-4H2,(H,17,18)(H,19,20)(H,13,15,16). The van der Waals surface area contributed by atoms with E-state index in [-0.39, 0.29) is 18.8 Å². The van der Waals surface area contributed by atoms with Gasteiger partial charge in [0, 0.05) is 6.54 Å². The Hall–Kier alpha value is -2.71. The van der Waals surface area contributed by atoms with E-state index in [4.69, 9.17) is 5.11 Å². The van der Waals surface area contributed by atoms with Crippen LogP contribution in [0.2, 0.25) is 0 Å². The fraction of sp³-hybridized carbons (Fsp3) is 0.273. The Morgan fingerprint density at radius 3 is 2.90 bits per heavy atom. The molecular formula is C11H14FN5O3. The summed E-state index contributed by atoms with van der Waals surface area (Å²) in [5, 5.41) is 10.6. The lowest BCUT2D eigenvalue weighted by atomic mass is 10.1. The number of halogens is 1. The zero-order chi connectivity index (χ0) is 15.0. The summed E-state index contributed by atoms with van der Waals surface area (Å²) in [5.74, 6) is -2.09. The van der Waals surface area contributed by atoms with Crippen LogP contribution in [0.3, 0.4) is 0 Å². The number of amides is 2. The van der Waals surface area contributed by atoms with Crippen molar-refractivity contribution in [1.82, 2.24) is 20.7 Å². The summed E-state index contributed by atoms with van der Waals surface area (Å²) in [6.07, 6.45) is 2.57. The Morgan fingerprint density at radius 1 is 1.55 bits per heavy atom. The van der Waals surface area contributed by atoms with Crippen LogP contribution in [0.4, 0.5) is 15.0 Å². The van der Waals surface area contributed by atoms with Gasteiger partial charge in [0.15, 0.2) is 11.6 Å². The predicted molar refractivity (Wildman–Crippen MR) is 68.1 cm³/mol. The number of anilines is 1. The van der Waals surface area contributed by atoms with Gasteiger partial charge in [0.1, 0.15) is 6.33 Å². The molecule has 0 aliphatic carbocycles. The average Bonchev–Trinajstić information content (AvgIpc) is 2.42. The first-order valence-corrected chi connectivity index (χ1v) is 5.63. The van der Waals surface area contributed by atoms with E-state index in [0.29, 0.717) is 0 Å². The lowest BCUT2D eigenvalue weighted by Crippen LogP contribution is -2.41. The first kappa shape index (κ1) is 15.3. The van der Waals surface area contributed by atoms with Gasteiger partial charge in [-0.3, -0.25) is 15.6 Å². The number of hydrogen-bond acceptors (Lipinski definition) is 5. The first-order chi connectivity index (χ1) is 9.54. The number of aromatic nitrogens is 2. The topological polar surface area (TPSA) is 116 Å². The second-order valence-electron chi connectivity index (χ2n) is 3.74. The van der Waals surface area contributed by atoms with Crippen molar-refractivity contribution in [3.8, 4) is 0 Å². The smallest absolute Gasteiger partial charge is 0.404 e. The Kier molecular flexibility index (Phi) is 5.88. The van der Waals surface area contributed by atoms with Crippen molar-refractivity contribution >= 4 is 17.8 Å². The molecule has 1 rings (SSSR count). The van der Waals surface area contributed by atoms with Crippen LogP contribution >= 0.6 is 0 Å². The lowest BCUT2D eigenvalue weighted by Gasteiger charge is -2.15. The minimum Gasteiger partial charge on any atom is -0.465 e. The molecule has 0 saturated carbocycles. The largest absolute Gasteiger partial charge is 0.465 e. The molecule has 0 radical (unpaired) electrons. The van der Waals surface area contributed by atoms with E-state index in [9.17, 15) is 14.0 Å². The molecule has 0 spiro atoms. The van der Waals surface area contributed by atoms with Gasteiger partial charge >= 0.3 is 6.09 Å². The van der Waals surface area contributed by atoms with E-state index < -0.39 is 23.7 Å². The van der Waals surface area contributed by atoms with Gasteiger partial charge in [0.2, 0.25) is 5.91 Å². The Balaban J connectivity index is 2.55. The third-order valence-corrected chi connectivity index (χ3v) is 2.29. The maximum Gasteiger partial charge on any atom is 0.404 e. The van der Waals surface area contributed by atoms with Gasteiger partial charge in [-0.15, -0.1) is 6.58 Å². The SMILES string of the molecule is C=CCC(CNC(=O)O)C(=O)NNc1ncncc1F. The van der Waals surface area contributed by atoms with Crippen LogP contribution in [-0.2, 0) is 4.79 Å². The molecule has 8 nitrogen and oxygen atoms in total. The lowest BCUT2D eigenvalue weighted by molar-refractivity contribution is -0.124. The van der Waals surface area contributed by atoms with E-state index in [1.807, 2.05) is 0 Å². The number of hydrogen-bond donors (Lipinski definition) is 4. The highest BCUT2D eigenvalue weighted by Crippen LogP contribution is 2.06. The van der Waals surface area contributed by atoms with Crippen LogP contribution in [0.15, 0.2) is 25.2 Å². The number of carboxylic acid groups (broad SMARTS) is 1. The zero-order valence-electron chi connectivity index (χ0n) is 10.5. The highest BCUT2D eigenvalue weighted by Gasteiger charge is 2.18. The average molecular weight is 283 g/mol. The molecule has 0 aliphatic rings. The molecule has 0 fully saturated rings. The molecule has 108 valence electrons. The molecule has 0 aliphatic heterocycles. The summed E-state index contributed by atoms with van der Waals surface area (Å²) in [6, 6.07) is 0. The van der Waals surface area contributed by atoms with Crippen molar-refractivity contribution in [2.45, 2.75) is 6.42 Å². The molecule has 1 aromatic heterocycles. The first-order valence-electron chi connectivity index (χ1n) is 5.63. The van der Waals surface area contributed by atoms with Crippen LogP contribution in [-0.4, -0.2) is 33.6 Å². The summed E-state index contributed by atoms with van der Waals surface area (Å²) >= 11 is 0. The van der Waals surface area contributed by atoms with Crippen LogP contribution < -0.4 is 16.2 Å². The molecule has 0 saturated heterocycles. The number of nitrogens with one attached hydrogen (secondary N) is 3. The van der Waals surface area contributed by atoms with Crippen molar-refractivity contribution < 1.29 is 19.1 Å². The fourth-order valence-corrected chi connectivity index (χ4v) is 1.32. The van der Waals surface area contributed by atoms with E-state index in [1.165, 1.54) is 6.08 Å². The zero-order valence-corrected chi connectivity index (χ0v) is 10.5. The third kappa shape index (κ3) is 4.88. The van der Waals surface area contributed by atoms with E-state index >= 15 is 0 Å². The van der Waals surface area contributed by atoms with Crippen molar-refractivity contribution in [2.24, 2.45) is 5.92 Å². The van der Waals surface area contributed by atoms with Gasteiger partial charge in [-0.25, -0.2) is 19.2 Å². The normalized spacial score (nSPS) is 11.2. The molecule has 20 heavy (non-hydrogen) atoms. The van der Waals surface area contributed by atoms with Crippen molar-refractivity contribution in [3.05, 3.63) is 31.0 Å². The summed E-state index contributed by atoms with van der Waals surface area (Å²) in [4.78, 5) is 29.3. The van der Waals surface area contributed by atoms with Gasteiger partial charge in [0.25, 0.3) is 0 Å². The highest BCUT2D eigenvalue weighted by molar-refractivity contribution is 5.80. The molecule has 2 amide bonds. The molecule has 1 unspecified atom stereocenters. The minimum absolute atomic E-state index is 0.0822. The maximum atomic E-state index is 13.2. The summed E-state index contributed by atoms with van der Waals surface area (Å²) < 4.78 is 13.2. The van der Waals surface area contributed by atoms with Gasteiger partial charge < -0.3 is 10.4 Å². The summed E-state index contributed by atoms with van der Waals surface area (Å²) in [7, 11) is 0. The highest BCUT2D eigenvalue weighted by atomic mass is 19.1. The quantitative estimate of drug-likeness (QED) is 0.428. The molecule has 9 heteroatoms. The molecule has 0 bridgehead atoms. The van der Waals surface area contributed by atoms with E-state index in [0.717, 1.165) is 12.5 Å². The van der Waals surface area contributed by atoms with Crippen molar-refractivity contribution in [2.75, 3.05) is 12.0 Å². The molecule has 1 atom stereocenters. The minimum atomic E-state index is -1.23. The van der Waals surface area contributed by atoms with Crippen LogP contribution in [0.5, 0.6) is 0 Å². The predicted octanol–water partition coefficient (Wildman–Crippen LogP) is 0.519. The van der Waals surface area contributed by atoms with E-state index in [1.54, 1.807) is 0 Å². The second-order valence-corrected chi connectivity index (χ2v) is 3.74. The number of hydrazine groups is 1. The molecule has 1 heterocycles. The number of carbonyl (C=O) groups excluding carboxylic acids is 1. The Bertz CT molecular complexity index is 497. The van der Waals surface area contributed by atoms with Crippen molar-refractivity contribution in [1.29, 1.82) is 0 Å². The second kappa shape index (κ2) is 7.67. The fourth-order valence-electron chi connectivity index (χ4n) is 1.32. The van der Waals surface area contributed by atoms with Crippen LogP contribution in [0.25, 0.3) is 0 Å². The Morgan fingerprint density at radius 2 is 2.30 bits per heavy atom. The van der Waals surface area contributed by atoms with Gasteiger partial charge in [0.05, 0.1) is 12.1 Å². The molecule has 1 aromatic rings. The molecule has 4 N–H and O–H groups in total. The molecule has 0 aromatic carbocycles. The maximum absolute atomic E-state index is 13.2. The van der Waals surface area contributed by atoms with Crippen LogP contribution in [0.1, 0.15) is 6.42 Å². The third-order valence-electron chi connectivity index (χ3n) is 2.29. The van der Waals surface area contributed by atoms with Crippen molar-refractivity contribution in [3.63, 3.8) is 0 Å². The van der Waals surface area contributed by atoms with Gasteiger partial charge in [-0.05, 0) is 6.42 Å². The number of allylic oxidation sites excluding steroid dienone is 1. The summed E-state index contributed by atoms with van der Waals surface area (Å²) in [5.41, 5.74) is 4.55. The summed E-state index contributed by atoms with van der Waals surface area (Å²) in [6.45, 7) is 3.40. The molecular weight excluding hydrogens is 269 g/mol. The number of rotatable bonds is 7. The van der Waals surface area contributed by atoms with Gasteiger partial charge in [-0.1, -0.05) is 6.08 Å². The number of carbonyl (C=O) groups is 2. The monoisotopic (exact) mass is 283 g/mol. The Labute approximate surface area is 114 Å². The van der Waals surface area contributed by atoms with Gasteiger partial charge in [-0.2, -0.15) is 0 Å². The van der Waals surface area contributed by atoms with E-state index in [2.05, 4.69) is 32.7 Å².